The third-order valence-electron chi connectivity index (χ3n) is 7.44. The van der Waals surface area contributed by atoms with Gasteiger partial charge in [0.25, 0.3) is 5.91 Å². The van der Waals surface area contributed by atoms with Gasteiger partial charge in [-0.3, -0.25) is 4.79 Å². The van der Waals surface area contributed by atoms with Crippen molar-refractivity contribution in [2.24, 2.45) is 11.8 Å². The molecular weight excluding hydrogens is 440 g/mol. The number of nitrogens with one attached hydrogen (secondary N) is 1. The summed E-state index contributed by atoms with van der Waals surface area (Å²) in [5.41, 5.74) is 2.04. The summed E-state index contributed by atoms with van der Waals surface area (Å²) in [5, 5.41) is 3.59. The number of benzene rings is 2. The Balaban J connectivity index is 1.50. The molecule has 1 N–H and O–H groups in total. The predicted octanol–water partition coefficient (Wildman–Crippen LogP) is 4.57. The molecule has 2 aliphatic rings. The van der Waals surface area contributed by atoms with E-state index >= 15 is 0 Å². The third-order valence-corrected chi connectivity index (χ3v) is 7.44. The molecule has 2 atom stereocenters. The Morgan fingerprint density at radius 2 is 1.74 bits per heavy atom. The van der Waals surface area contributed by atoms with E-state index in [4.69, 9.17) is 14.2 Å². The Bertz CT molecular complexity index is 930. The minimum absolute atomic E-state index is 0.103. The van der Waals surface area contributed by atoms with Crippen molar-refractivity contribution in [2.45, 2.75) is 44.6 Å². The number of amides is 1. The van der Waals surface area contributed by atoms with E-state index in [0.717, 1.165) is 45.3 Å². The SMILES string of the molecule is COCCCOc1cc(C(=O)N(C[C@H]2CNC[C@@H]2Cc2ccccc2)C2CCCC2)ccc1OC. The maximum absolute atomic E-state index is 13.9. The molecule has 0 bridgehead atoms. The Kier molecular flexibility index (Phi) is 9.43. The normalized spacial score (nSPS) is 20.2. The molecule has 1 aliphatic carbocycles. The lowest BCUT2D eigenvalue weighted by molar-refractivity contribution is 0.0633. The van der Waals surface area contributed by atoms with Gasteiger partial charge in [-0.15, -0.1) is 0 Å². The third kappa shape index (κ3) is 6.77. The molecule has 4 rings (SSSR count). The van der Waals surface area contributed by atoms with Crippen molar-refractivity contribution in [1.82, 2.24) is 10.2 Å². The highest BCUT2D eigenvalue weighted by Gasteiger charge is 2.34. The van der Waals surface area contributed by atoms with Crippen molar-refractivity contribution in [1.29, 1.82) is 0 Å². The second-order valence-corrected chi connectivity index (χ2v) is 9.82. The van der Waals surface area contributed by atoms with Crippen molar-refractivity contribution in [2.75, 3.05) is 47.1 Å². The molecule has 0 spiro atoms. The van der Waals surface area contributed by atoms with E-state index in [0.29, 0.717) is 48.2 Å². The van der Waals surface area contributed by atoms with Crippen LogP contribution in [0.2, 0.25) is 0 Å². The molecule has 0 radical (unpaired) electrons. The molecule has 2 fully saturated rings. The predicted molar refractivity (Wildman–Crippen MR) is 138 cm³/mol. The van der Waals surface area contributed by atoms with Crippen LogP contribution in [0.15, 0.2) is 48.5 Å². The van der Waals surface area contributed by atoms with Gasteiger partial charge in [0.1, 0.15) is 0 Å². The van der Waals surface area contributed by atoms with Crippen molar-refractivity contribution in [3.05, 3.63) is 59.7 Å². The van der Waals surface area contributed by atoms with Crippen LogP contribution in [0.4, 0.5) is 0 Å². The zero-order chi connectivity index (χ0) is 24.5. The van der Waals surface area contributed by atoms with Gasteiger partial charge in [0.05, 0.1) is 13.7 Å². The summed E-state index contributed by atoms with van der Waals surface area (Å²) in [6, 6.07) is 16.6. The van der Waals surface area contributed by atoms with Crippen LogP contribution in [-0.4, -0.2) is 63.9 Å². The molecule has 190 valence electrons. The average Bonchev–Trinajstić information content (AvgIpc) is 3.58. The molecule has 0 aromatic heterocycles. The first-order chi connectivity index (χ1) is 17.2. The monoisotopic (exact) mass is 480 g/mol. The average molecular weight is 481 g/mol. The summed E-state index contributed by atoms with van der Waals surface area (Å²) in [6.07, 6.45) is 6.40. The number of hydrogen-bond acceptors (Lipinski definition) is 5. The summed E-state index contributed by atoms with van der Waals surface area (Å²) in [6.45, 7) is 3.92. The number of nitrogens with zero attached hydrogens (tertiary/aromatic N) is 1. The van der Waals surface area contributed by atoms with Crippen LogP contribution in [0.1, 0.15) is 48.0 Å². The molecule has 2 aromatic rings. The van der Waals surface area contributed by atoms with Gasteiger partial charge >= 0.3 is 0 Å². The summed E-state index contributed by atoms with van der Waals surface area (Å²) in [5.74, 6) is 2.35. The van der Waals surface area contributed by atoms with Crippen molar-refractivity contribution >= 4 is 5.91 Å². The van der Waals surface area contributed by atoms with Gasteiger partial charge in [-0.25, -0.2) is 0 Å². The molecule has 1 amide bonds. The summed E-state index contributed by atoms with van der Waals surface area (Å²) < 4.78 is 16.6. The molecule has 1 saturated heterocycles. The summed E-state index contributed by atoms with van der Waals surface area (Å²) in [7, 11) is 3.31. The lowest BCUT2D eigenvalue weighted by Gasteiger charge is -2.33. The largest absolute Gasteiger partial charge is 0.493 e. The highest BCUT2D eigenvalue weighted by atomic mass is 16.5. The van der Waals surface area contributed by atoms with Gasteiger partial charge in [0.15, 0.2) is 11.5 Å². The number of ether oxygens (including phenoxy) is 3. The number of methoxy groups -OCH3 is 2. The second-order valence-electron chi connectivity index (χ2n) is 9.82. The second kappa shape index (κ2) is 12.9. The molecule has 6 heteroatoms. The molecule has 35 heavy (non-hydrogen) atoms. The number of carbonyl (C=O) groups is 1. The maximum atomic E-state index is 13.9. The van der Waals surface area contributed by atoms with Gasteiger partial charge in [-0.1, -0.05) is 43.2 Å². The van der Waals surface area contributed by atoms with E-state index in [1.165, 1.54) is 18.4 Å². The maximum Gasteiger partial charge on any atom is 0.254 e. The van der Waals surface area contributed by atoms with Gasteiger partial charge in [0.2, 0.25) is 0 Å². The molecule has 2 aromatic carbocycles. The fourth-order valence-corrected chi connectivity index (χ4v) is 5.50. The Hall–Kier alpha value is -2.57. The van der Waals surface area contributed by atoms with Crippen molar-refractivity contribution in [3.8, 4) is 11.5 Å². The van der Waals surface area contributed by atoms with Crippen LogP contribution in [0, 0.1) is 11.8 Å². The van der Waals surface area contributed by atoms with Gasteiger partial charge in [0, 0.05) is 38.3 Å². The van der Waals surface area contributed by atoms with Crippen LogP contribution in [0.3, 0.4) is 0 Å². The smallest absolute Gasteiger partial charge is 0.254 e. The minimum Gasteiger partial charge on any atom is -0.493 e. The van der Waals surface area contributed by atoms with Crippen LogP contribution in [-0.2, 0) is 11.2 Å². The lowest BCUT2D eigenvalue weighted by Crippen LogP contribution is -2.43. The van der Waals surface area contributed by atoms with Crippen molar-refractivity contribution in [3.63, 3.8) is 0 Å². The summed E-state index contributed by atoms with van der Waals surface area (Å²) in [4.78, 5) is 16.1. The number of carbonyl (C=O) groups excluding carboxylic acids is 1. The topological polar surface area (TPSA) is 60.0 Å². The van der Waals surface area contributed by atoms with E-state index in [-0.39, 0.29) is 5.91 Å². The fourth-order valence-electron chi connectivity index (χ4n) is 5.50. The lowest BCUT2D eigenvalue weighted by atomic mass is 9.88. The molecule has 1 aliphatic heterocycles. The van der Waals surface area contributed by atoms with E-state index in [1.807, 2.05) is 18.2 Å². The molecule has 0 unspecified atom stereocenters. The Morgan fingerprint density at radius 3 is 2.49 bits per heavy atom. The van der Waals surface area contributed by atoms with Gasteiger partial charge in [-0.2, -0.15) is 0 Å². The molecule has 6 nitrogen and oxygen atoms in total. The molecular formula is C29H40N2O4. The van der Waals surface area contributed by atoms with Gasteiger partial charge in [-0.05, 0) is 68.0 Å². The molecule has 1 saturated carbocycles. The zero-order valence-corrected chi connectivity index (χ0v) is 21.2. The quantitative estimate of drug-likeness (QED) is 0.451. The molecule has 1 heterocycles. The zero-order valence-electron chi connectivity index (χ0n) is 21.2. The first kappa shape index (κ1) is 25.5. The van der Waals surface area contributed by atoms with Crippen LogP contribution in [0.5, 0.6) is 11.5 Å². The van der Waals surface area contributed by atoms with Crippen LogP contribution in [0.25, 0.3) is 0 Å². The summed E-state index contributed by atoms with van der Waals surface area (Å²) >= 11 is 0. The van der Waals surface area contributed by atoms with E-state index in [2.05, 4.69) is 40.5 Å². The Morgan fingerprint density at radius 1 is 0.971 bits per heavy atom. The standard InChI is InChI=1S/C29H40N2O4/c1-33-15-8-16-35-28-18-23(13-14-27(28)34-2)29(32)31(26-11-6-7-12-26)21-25-20-30-19-24(25)17-22-9-4-3-5-10-22/h3-5,9-10,13-14,18,24-26,30H,6-8,11-12,15-17,19-21H2,1-2H3/t24-,25+/m0/s1. The highest BCUT2D eigenvalue weighted by Crippen LogP contribution is 2.32. The van der Waals surface area contributed by atoms with Crippen LogP contribution < -0.4 is 14.8 Å². The van der Waals surface area contributed by atoms with Crippen molar-refractivity contribution < 1.29 is 19.0 Å². The van der Waals surface area contributed by atoms with Gasteiger partial charge < -0.3 is 24.4 Å². The highest BCUT2D eigenvalue weighted by molar-refractivity contribution is 5.95. The van der Waals surface area contributed by atoms with E-state index in [1.54, 1.807) is 14.2 Å². The number of hydrogen-bond donors (Lipinski definition) is 1. The number of rotatable bonds is 12. The van der Waals surface area contributed by atoms with Crippen LogP contribution >= 0.6 is 0 Å². The fraction of sp³-hybridized carbons (Fsp3) is 0.552. The minimum atomic E-state index is 0.103. The Labute approximate surface area is 209 Å². The first-order valence-corrected chi connectivity index (χ1v) is 13.0. The first-order valence-electron chi connectivity index (χ1n) is 13.0. The van der Waals surface area contributed by atoms with E-state index in [9.17, 15) is 4.79 Å². The van der Waals surface area contributed by atoms with E-state index < -0.39 is 0 Å².